The largest absolute Gasteiger partial charge is 0.313 e. The molecule has 1 aromatic rings. The lowest BCUT2D eigenvalue weighted by molar-refractivity contribution is 0.466. The standard InChI is InChI=1S/C11H19ClN2O2S2/c1-9(2)13-6-7-18(15,16)14(3)8-10-4-5-11(12)17-10/h4-5,9,13H,6-8H2,1-3H3. The number of hydrogen-bond acceptors (Lipinski definition) is 4. The number of sulfonamides is 1. The molecule has 0 spiro atoms. The van der Waals surface area contributed by atoms with Crippen molar-refractivity contribution in [2.24, 2.45) is 0 Å². The number of halogens is 1. The maximum absolute atomic E-state index is 12.0. The molecule has 0 unspecified atom stereocenters. The normalized spacial score (nSPS) is 12.6. The summed E-state index contributed by atoms with van der Waals surface area (Å²) in [6, 6.07) is 3.93. The van der Waals surface area contributed by atoms with Gasteiger partial charge in [0.15, 0.2) is 0 Å². The molecule has 1 N–H and O–H groups in total. The van der Waals surface area contributed by atoms with Crippen LogP contribution in [-0.2, 0) is 16.6 Å². The summed E-state index contributed by atoms with van der Waals surface area (Å²) >= 11 is 7.22. The summed E-state index contributed by atoms with van der Waals surface area (Å²) in [5.41, 5.74) is 0. The summed E-state index contributed by atoms with van der Waals surface area (Å²) in [6.07, 6.45) is 0. The Balaban J connectivity index is 2.51. The van der Waals surface area contributed by atoms with E-state index in [-0.39, 0.29) is 5.75 Å². The third-order valence-electron chi connectivity index (χ3n) is 2.39. The summed E-state index contributed by atoms with van der Waals surface area (Å²) in [7, 11) is -1.61. The average molecular weight is 311 g/mol. The zero-order valence-corrected chi connectivity index (χ0v) is 13.2. The molecule has 0 atom stereocenters. The molecular formula is C11H19ClN2O2S2. The molecule has 0 saturated carbocycles. The first-order chi connectivity index (χ1) is 8.31. The van der Waals surface area contributed by atoms with E-state index in [1.54, 1.807) is 13.1 Å². The van der Waals surface area contributed by atoms with Gasteiger partial charge in [-0.25, -0.2) is 8.42 Å². The molecule has 1 aromatic heterocycles. The van der Waals surface area contributed by atoms with Gasteiger partial charge in [-0.15, -0.1) is 11.3 Å². The van der Waals surface area contributed by atoms with Crippen LogP contribution in [0.1, 0.15) is 18.7 Å². The van der Waals surface area contributed by atoms with Crippen LogP contribution in [0.2, 0.25) is 4.34 Å². The molecule has 1 heterocycles. The third kappa shape index (κ3) is 5.24. The Morgan fingerprint density at radius 3 is 2.61 bits per heavy atom. The van der Waals surface area contributed by atoms with Crippen molar-refractivity contribution in [3.8, 4) is 0 Å². The number of thiophene rings is 1. The fraction of sp³-hybridized carbons (Fsp3) is 0.636. The molecule has 0 amide bonds. The lowest BCUT2D eigenvalue weighted by atomic mass is 10.4. The number of nitrogens with zero attached hydrogens (tertiary/aromatic N) is 1. The average Bonchev–Trinajstić information content (AvgIpc) is 2.63. The van der Waals surface area contributed by atoms with E-state index in [9.17, 15) is 8.42 Å². The first kappa shape index (κ1) is 15.9. The van der Waals surface area contributed by atoms with Crippen molar-refractivity contribution in [2.75, 3.05) is 19.3 Å². The Kier molecular flexibility index (Phi) is 6.07. The van der Waals surface area contributed by atoms with Crippen LogP contribution in [0.3, 0.4) is 0 Å². The van der Waals surface area contributed by atoms with Crippen LogP contribution in [0.5, 0.6) is 0 Å². The number of nitrogens with one attached hydrogen (secondary N) is 1. The quantitative estimate of drug-likeness (QED) is 0.839. The molecule has 0 aliphatic rings. The van der Waals surface area contributed by atoms with Crippen molar-refractivity contribution in [3.63, 3.8) is 0 Å². The Morgan fingerprint density at radius 2 is 2.11 bits per heavy atom. The van der Waals surface area contributed by atoms with Gasteiger partial charge in [0.05, 0.1) is 10.1 Å². The van der Waals surface area contributed by atoms with Crippen LogP contribution in [0, 0.1) is 0 Å². The molecule has 0 aliphatic heterocycles. The zero-order chi connectivity index (χ0) is 13.8. The first-order valence-corrected chi connectivity index (χ1v) is 8.53. The van der Waals surface area contributed by atoms with E-state index in [0.29, 0.717) is 23.5 Å². The smallest absolute Gasteiger partial charge is 0.215 e. The highest BCUT2D eigenvalue weighted by atomic mass is 35.5. The molecule has 7 heteroatoms. The summed E-state index contributed by atoms with van der Waals surface area (Å²) in [4.78, 5) is 0.947. The van der Waals surface area contributed by atoms with Crippen molar-refractivity contribution >= 4 is 33.0 Å². The molecular weight excluding hydrogens is 292 g/mol. The minimum atomic E-state index is -3.21. The molecule has 4 nitrogen and oxygen atoms in total. The number of rotatable bonds is 7. The lowest BCUT2D eigenvalue weighted by Crippen LogP contribution is -2.35. The predicted octanol–water partition coefficient (Wildman–Crippen LogP) is 2.16. The van der Waals surface area contributed by atoms with Gasteiger partial charge in [-0.05, 0) is 12.1 Å². The van der Waals surface area contributed by atoms with E-state index in [1.165, 1.54) is 15.6 Å². The van der Waals surface area contributed by atoms with Crippen LogP contribution in [0.15, 0.2) is 12.1 Å². The number of hydrogen-bond donors (Lipinski definition) is 1. The summed E-state index contributed by atoms with van der Waals surface area (Å²) in [5, 5.41) is 3.10. The van der Waals surface area contributed by atoms with Gasteiger partial charge in [-0.1, -0.05) is 25.4 Å². The van der Waals surface area contributed by atoms with E-state index >= 15 is 0 Å². The van der Waals surface area contributed by atoms with Crippen LogP contribution in [-0.4, -0.2) is 38.1 Å². The summed E-state index contributed by atoms with van der Waals surface area (Å²) in [6.45, 7) is 4.82. The van der Waals surface area contributed by atoms with Gasteiger partial charge in [0.2, 0.25) is 10.0 Å². The van der Waals surface area contributed by atoms with Crippen molar-refractivity contribution in [3.05, 3.63) is 21.3 Å². The van der Waals surface area contributed by atoms with Gasteiger partial charge >= 0.3 is 0 Å². The van der Waals surface area contributed by atoms with E-state index in [4.69, 9.17) is 11.6 Å². The summed E-state index contributed by atoms with van der Waals surface area (Å²) in [5.74, 6) is 0.112. The SMILES string of the molecule is CC(C)NCCS(=O)(=O)N(C)Cc1ccc(Cl)s1. The molecule has 1 rings (SSSR count). The Hall–Kier alpha value is -0.140. The summed E-state index contributed by atoms with van der Waals surface area (Å²) < 4.78 is 26.0. The maximum atomic E-state index is 12.0. The van der Waals surface area contributed by atoms with Crippen molar-refractivity contribution in [1.82, 2.24) is 9.62 Å². The van der Waals surface area contributed by atoms with Gasteiger partial charge in [0, 0.05) is 31.1 Å². The molecule has 0 aromatic carbocycles. The fourth-order valence-electron chi connectivity index (χ4n) is 1.39. The lowest BCUT2D eigenvalue weighted by Gasteiger charge is -2.17. The van der Waals surface area contributed by atoms with Crippen LogP contribution >= 0.6 is 22.9 Å². The molecule has 104 valence electrons. The van der Waals surface area contributed by atoms with E-state index in [0.717, 1.165) is 4.88 Å². The Bertz CT molecular complexity index is 471. The van der Waals surface area contributed by atoms with E-state index in [2.05, 4.69) is 5.32 Å². The Labute approximate surface area is 118 Å². The second-order valence-electron chi connectivity index (χ2n) is 4.39. The topological polar surface area (TPSA) is 49.4 Å². The first-order valence-electron chi connectivity index (χ1n) is 5.73. The highest BCUT2D eigenvalue weighted by Crippen LogP contribution is 2.23. The molecule has 18 heavy (non-hydrogen) atoms. The predicted molar refractivity (Wildman–Crippen MR) is 77.7 cm³/mol. The van der Waals surface area contributed by atoms with Crippen molar-refractivity contribution in [1.29, 1.82) is 0 Å². The van der Waals surface area contributed by atoms with Gasteiger partial charge < -0.3 is 5.32 Å². The van der Waals surface area contributed by atoms with Gasteiger partial charge in [0.1, 0.15) is 0 Å². The maximum Gasteiger partial charge on any atom is 0.215 e. The van der Waals surface area contributed by atoms with Crippen LogP contribution < -0.4 is 5.32 Å². The minimum absolute atomic E-state index is 0.112. The zero-order valence-electron chi connectivity index (χ0n) is 10.8. The van der Waals surface area contributed by atoms with Crippen LogP contribution in [0.4, 0.5) is 0 Å². The Morgan fingerprint density at radius 1 is 1.44 bits per heavy atom. The molecule has 0 bridgehead atoms. The molecule has 0 fully saturated rings. The molecule has 0 radical (unpaired) electrons. The monoisotopic (exact) mass is 310 g/mol. The van der Waals surface area contributed by atoms with E-state index in [1.807, 2.05) is 19.9 Å². The van der Waals surface area contributed by atoms with Crippen molar-refractivity contribution in [2.45, 2.75) is 26.4 Å². The second kappa shape index (κ2) is 6.86. The fourth-order valence-corrected chi connectivity index (χ4v) is 3.63. The molecule has 0 aliphatic carbocycles. The highest BCUT2D eigenvalue weighted by Gasteiger charge is 2.18. The van der Waals surface area contributed by atoms with Crippen molar-refractivity contribution < 1.29 is 8.42 Å². The third-order valence-corrected chi connectivity index (χ3v) is 5.41. The van der Waals surface area contributed by atoms with Gasteiger partial charge in [-0.3, -0.25) is 0 Å². The minimum Gasteiger partial charge on any atom is -0.313 e. The highest BCUT2D eigenvalue weighted by molar-refractivity contribution is 7.89. The van der Waals surface area contributed by atoms with Gasteiger partial charge in [-0.2, -0.15) is 4.31 Å². The molecule has 0 saturated heterocycles. The van der Waals surface area contributed by atoms with Gasteiger partial charge in [0.25, 0.3) is 0 Å². The van der Waals surface area contributed by atoms with Crippen LogP contribution in [0.25, 0.3) is 0 Å². The van der Waals surface area contributed by atoms with E-state index < -0.39 is 10.0 Å². The second-order valence-corrected chi connectivity index (χ2v) is 8.38.